The molecule has 1 aromatic carbocycles. The number of rotatable bonds is 6. The summed E-state index contributed by atoms with van der Waals surface area (Å²) in [5.74, 6) is -1.06. The maximum Gasteiger partial charge on any atom is 0.126 e. The average molecular weight is 386 g/mol. The van der Waals surface area contributed by atoms with Gasteiger partial charge in [-0.25, -0.2) is 8.78 Å². The van der Waals surface area contributed by atoms with Crippen molar-refractivity contribution < 1.29 is 13.5 Å². The third-order valence-electron chi connectivity index (χ3n) is 6.47. The van der Waals surface area contributed by atoms with Crippen molar-refractivity contribution in [3.05, 3.63) is 65.5 Å². The lowest BCUT2D eigenvalue weighted by Crippen LogP contribution is -2.47. The molecule has 1 aliphatic carbocycles. The molecule has 1 atom stereocenters. The summed E-state index contributed by atoms with van der Waals surface area (Å²) in [6.45, 7) is 2.02. The summed E-state index contributed by atoms with van der Waals surface area (Å²) in [5.41, 5.74) is 1.96. The normalized spacial score (nSPS) is 23.9. The minimum Gasteiger partial charge on any atom is -0.375 e. The fraction of sp³-hybridized carbons (Fsp3) is 0.522. The Morgan fingerprint density at radius 1 is 1.07 bits per heavy atom. The second kappa shape index (κ2) is 8.26. The van der Waals surface area contributed by atoms with Crippen molar-refractivity contribution in [1.82, 2.24) is 10.3 Å². The molecule has 4 rings (SSSR count). The number of hydrogen-bond donors (Lipinski definition) is 1. The predicted molar refractivity (Wildman–Crippen MR) is 105 cm³/mol. The number of benzene rings is 1. The molecule has 3 nitrogen and oxygen atoms in total. The Bertz CT molecular complexity index is 772. The van der Waals surface area contributed by atoms with Gasteiger partial charge in [0.1, 0.15) is 11.6 Å². The Hall–Kier alpha value is -1.85. The Kier molecular flexibility index (Phi) is 5.74. The largest absolute Gasteiger partial charge is 0.375 e. The molecule has 28 heavy (non-hydrogen) atoms. The van der Waals surface area contributed by atoms with E-state index in [4.69, 9.17) is 4.74 Å². The second-order valence-corrected chi connectivity index (χ2v) is 8.39. The van der Waals surface area contributed by atoms with Crippen LogP contribution in [0, 0.1) is 11.6 Å². The molecular formula is C23H28F2N2O. The topological polar surface area (TPSA) is 34.2 Å². The molecule has 2 aromatic rings. The van der Waals surface area contributed by atoms with E-state index in [-0.39, 0.29) is 11.0 Å². The first-order valence-electron chi connectivity index (χ1n) is 10.3. The molecule has 1 aromatic heterocycles. The number of pyridine rings is 1. The van der Waals surface area contributed by atoms with Crippen molar-refractivity contribution in [2.24, 2.45) is 0 Å². The van der Waals surface area contributed by atoms with Crippen LogP contribution >= 0.6 is 0 Å². The van der Waals surface area contributed by atoms with E-state index in [1.54, 1.807) is 0 Å². The number of hydrogen-bond acceptors (Lipinski definition) is 3. The van der Waals surface area contributed by atoms with Gasteiger partial charge in [-0.1, -0.05) is 18.9 Å². The summed E-state index contributed by atoms with van der Waals surface area (Å²) in [4.78, 5) is 4.37. The molecule has 1 saturated heterocycles. The van der Waals surface area contributed by atoms with Gasteiger partial charge < -0.3 is 10.1 Å². The van der Waals surface area contributed by atoms with Gasteiger partial charge in [0, 0.05) is 37.0 Å². The smallest absolute Gasteiger partial charge is 0.126 e. The van der Waals surface area contributed by atoms with Crippen LogP contribution in [0.25, 0.3) is 0 Å². The zero-order valence-electron chi connectivity index (χ0n) is 16.2. The van der Waals surface area contributed by atoms with Crippen LogP contribution in [0.4, 0.5) is 8.78 Å². The molecule has 2 heterocycles. The van der Waals surface area contributed by atoms with Crippen molar-refractivity contribution in [1.29, 1.82) is 0 Å². The number of aromatic nitrogens is 1. The predicted octanol–water partition coefficient (Wildman–Crippen LogP) is 4.90. The Morgan fingerprint density at radius 2 is 1.86 bits per heavy atom. The molecule has 0 amide bonds. The molecule has 1 aliphatic heterocycles. The van der Waals surface area contributed by atoms with E-state index in [9.17, 15) is 8.78 Å². The molecule has 0 bridgehead atoms. The first-order chi connectivity index (χ1) is 13.6. The highest BCUT2D eigenvalue weighted by atomic mass is 19.1. The molecular weight excluding hydrogens is 358 g/mol. The van der Waals surface area contributed by atoms with E-state index < -0.39 is 11.6 Å². The van der Waals surface area contributed by atoms with Gasteiger partial charge in [-0.2, -0.15) is 0 Å². The van der Waals surface area contributed by atoms with E-state index >= 15 is 0 Å². The highest BCUT2D eigenvalue weighted by Crippen LogP contribution is 2.49. The Balaban J connectivity index is 1.45. The summed E-state index contributed by atoms with van der Waals surface area (Å²) >= 11 is 0. The monoisotopic (exact) mass is 386 g/mol. The second-order valence-electron chi connectivity index (χ2n) is 8.39. The van der Waals surface area contributed by atoms with Gasteiger partial charge in [0.2, 0.25) is 0 Å². The fourth-order valence-corrected chi connectivity index (χ4v) is 5.11. The van der Waals surface area contributed by atoms with Crippen molar-refractivity contribution in [2.45, 2.75) is 62.5 Å². The fourth-order valence-electron chi connectivity index (χ4n) is 5.11. The summed E-state index contributed by atoms with van der Waals surface area (Å²) in [7, 11) is 0. The molecule has 2 aliphatic rings. The minimum absolute atomic E-state index is 0.0137. The van der Waals surface area contributed by atoms with E-state index in [0.717, 1.165) is 51.3 Å². The standard InChI is InChI=1S/C23H28F2N2O/c24-20-12-18(13-21(25)14-20)15-27-10-7-22(19-4-3-9-26-16-19)8-11-28-23(17-22)5-1-2-6-23/h3-4,9,12-14,16,27H,1-2,5-8,10-11,15,17H2/t22-/m1/s1. The molecule has 0 radical (unpaired) electrons. The lowest BCUT2D eigenvalue weighted by atomic mass is 9.66. The van der Waals surface area contributed by atoms with Crippen LogP contribution in [-0.2, 0) is 16.7 Å². The average Bonchev–Trinajstić information content (AvgIpc) is 3.13. The van der Waals surface area contributed by atoms with E-state index in [2.05, 4.69) is 16.4 Å². The van der Waals surface area contributed by atoms with Gasteiger partial charge in [-0.3, -0.25) is 4.98 Å². The third-order valence-corrected chi connectivity index (χ3v) is 6.47. The maximum atomic E-state index is 13.4. The van der Waals surface area contributed by atoms with Gasteiger partial charge in [0.05, 0.1) is 5.60 Å². The number of nitrogens with one attached hydrogen (secondary N) is 1. The SMILES string of the molecule is Fc1cc(F)cc(CNCC[C@@]2(c3cccnc3)CCOC3(CCCC3)C2)c1. The third kappa shape index (κ3) is 4.26. The van der Waals surface area contributed by atoms with Crippen LogP contribution in [0.2, 0.25) is 0 Å². The summed E-state index contributed by atoms with van der Waals surface area (Å²) < 4.78 is 33.1. The Morgan fingerprint density at radius 3 is 2.57 bits per heavy atom. The number of ether oxygens (including phenoxy) is 1. The van der Waals surface area contributed by atoms with Gasteiger partial charge in [0.15, 0.2) is 0 Å². The molecule has 150 valence electrons. The van der Waals surface area contributed by atoms with Crippen molar-refractivity contribution in [3.8, 4) is 0 Å². The van der Waals surface area contributed by atoms with Crippen molar-refractivity contribution >= 4 is 0 Å². The molecule has 0 unspecified atom stereocenters. The van der Waals surface area contributed by atoms with E-state index in [0.29, 0.717) is 12.1 Å². The minimum atomic E-state index is -0.531. The summed E-state index contributed by atoms with van der Waals surface area (Å²) in [6.07, 6.45) is 11.6. The van der Waals surface area contributed by atoms with Gasteiger partial charge in [-0.15, -0.1) is 0 Å². The first kappa shape index (κ1) is 19.5. The lowest BCUT2D eigenvalue weighted by Gasteiger charge is -2.47. The van der Waals surface area contributed by atoms with Crippen LogP contribution in [0.1, 0.15) is 56.1 Å². The van der Waals surface area contributed by atoms with Crippen LogP contribution in [-0.4, -0.2) is 23.7 Å². The van der Waals surface area contributed by atoms with Crippen molar-refractivity contribution in [2.75, 3.05) is 13.2 Å². The molecule has 5 heteroatoms. The zero-order valence-corrected chi connectivity index (χ0v) is 16.2. The molecule has 1 spiro atoms. The summed E-state index contributed by atoms with van der Waals surface area (Å²) in [6, 6.07) is 7.87. The first-order valence-corrected chi connectivity index (χ1v) is 10.3. The van der Waals surface area contributed by atoms with Crippen LogP contribution in [0.3, 0.4) is 0 Å². The lowest BCUT2D eigenvalue weighted by molar-refractivity contribution is -0.103. The molecule has 1 N–H and O–H groups in total. The van der Waals surface area contributed by atoms with E-state index in [1.165, 1.54) is 30.5 Å². The highest BCUT2D eigenvalue weighted by molar-refractivity contribution is 5.25. The number of nitrogens with zero attached hydrogens (tertiary/aromatic N) is 1. The van der Waals surface area contributed by atoms with Gasteiger partial charge in [-0.05, 0) is 68.0 Å². The highest BCUT2D eigenvalue weighted by Gasteiger charge is 2.47. The van der Waals surface area contributed by atoms with Crippen LogP contribution < -0.4 is 5.32 Å². The zero-order chi connectivity index (χ0) is 19.5. The summed E-state index contributed by atoms with van der Waals surface area (Å²) in [5, 5.41) is 3.38. The number of halogens is 2. The van der Waals surface area contributed by atoms with Crippen molar-refractivity contribution in [3.63, 3.8) is 0 Å². The molecule has 2 fully saturated rings. The quantitative estimate of drug-likeness (QED) is 0.717. The Labute approximate surface area is 165 Å². The molecule has 1 saturated carbocycles. The van der Waals surface area contributed by atoms with Crippen LogP contribution in [0.5, 0.6) is 0 Å². The van der Waals surface area contributed by atoms with Gasteiger partial charge >= 0.3 is 0 Å². The van der Waals surface area contributed by atoms with Gasteiger partial charge in [0.25, 0.3) is 0 Å². The maximum absolute atomic E-state index is 13.4. The van der Waals surface area contributed by atoms with Crippen LogP contribution in [0.15, 0.2) is 42.7 Å². The van der Waals surface area contributed by atoms with E-state index in [1.807, 2.05) is 18.5 Å².